The van der Waals surface area contributed by atoms with Crippen LogP contribution in [-0.2, 0) is 19.1 Å². The number of carbonyl (C=O) groups is 2. The van der Waals surface area contributed by atoms with Crippen molar-refractivity contribution in [3.05, 3.63) is 134 Å². The summed E-state index contributed by atoms with van der Waals surface area (Å²) in [7, 11) is 0. The quantitative estimate of drug-likeness (QED) is 0.176. The minimum absolute atomic E-state index is 0. The number of aromatic hydroxyl groups is 3. The third-order valence-electron chi connectivity index (χ3n) is 6.85. The van der Waals surface area contributed by atoms with Crippen LogP contribution in [0.25, 0.3) is 34.1 Å². The molecule has 0 saturated carbocycles. The maximum Gasteiger partial charge on any atom is 2.00 e. The average molecular weight is 615 g/mol. The van der Waals surface area contributed by atoms with Gasteiger partial charge in [-0.05, 0) is 69.5 Å². The van der Waals surface area contributed by atoms with Crippen LogP contribution in [0.4, 0.5) is 0 Å². The molecule has 0 amide bonds. The van der Waals surface area contributed by atoms with Crippen molar-refractivity contribution in [2.24, 2.45) is 0 Å². The molecule has 0 saturated heterocycles. The summed E-state index contributed by atoms with van der Waals surface area (Å²) in [6.45, 7) is 0. The number of phenols is 2. The van der Waals surface area contributed by atoms with E-state index in [-0.39, 0.29) is 71.2 Å². The topological polar surface area (TPSA) is 176 Å². The van der Waals surface area contributed by atoms with Crippen LogP contribution < -0.4 is 15.6 Å². The normalized spacial score (nSPS) is 16.5. The summed E-state index contributed by atoms with van der Waals surface area (Å²) in [5, 5.41) is 57.1. The number of cyclic esters (lactones) is 2. The largest absolute Gasteiger partial charge is 2.00 e. The number of esters is 2. The van der Waals surface area contributed by atoms with E-state index in [0.29, 0.717) is 11.1 Å². The van der Waals surface area contributed by atoms with E-state index in [2.05, 4.69) is 0 Å². The van der Waals surface area contributed by atoms with Crippen molar-refractivity contribution in [1.29, 1.82) is 0 Å². The van der Waals surface area contributed by atoms with Gasteiger partial charge in [0.15, 0.2) is 17.2 Å². The van der Waals surface area contributed by atoms with Gasteiger partial charge in [-0.1, -0.05) is 60.7 Å². The number of hydrogen-bond donors (Lipinski definition) is 3. The van der Waals surface area contributed by atoms with Gasteiger partial charge in [0.05, 0.1) is 16.5 Å². The minimum atomic E-state index is -1.09. The van der Waals surface area contributed by atoms with Crippen LogP contribution in [0, 0.1) is 0 Å². The first-order valence-electron chi connectivity index (χ1n) is 12.7. The third kappa shape index (κ3) is 5.30. The van der Waals surface area contributed by atoms with Crippen LogP contribution in [0.2, 0.25) is 0 Å². The number of hydrogen-bond acceptors (Lipinski definition) is 10. The maximum absolute atomic E-state index is 13.1. The van der Waals surface area contributed by atoms with Crippen LogP contribution in [0.15, 0.2) is 107 Å². The Morgan fingerprint density at radius 2 is 1.14 bits per heavy atom. The van der Waals surface area contributed by atoms with Gasteiger partial charge in [-0.25, -0.2) is 9.59 Å². The van der Waals surface area contributed by atoms with Gasteiger partial charge in [0.2, 0.25) is 5.43 Å². The van der Waals surface area contributed by atoms with Crippen LogP contribution in [0.3, 0.4) is 0 Å². The first-order valence-corrected chi connectivity index (χ1v) is 12.7. The van der Waals surface area contributed by atoms with Crippen molar-refractivity contribution in [1.82, 2.24) is 0 Å². The molecule has 0 bridgehead atoms. The Morgan fingerprint density at radius 1 is 0.636 bits per heavy atom. The minimum Gasteiger partial charge on any atom is -0.869 e. The monoisotopic (exact) mass is 614 g/mol. The molecule has 0 aliphatic carbocycles. The zero-order valence-electron chi connectivity index (χ0n) is 22.6. The predicted molar refractivity (Wildman–Crippen MR) is 156 cm³/mol. The molecular weight excluding hydrogens is 596 g/mol. The van der Waals surface area contributed by atoms with E-state index >= 15 is 0 Å². The van der Waals surface area contributed by atoms with Gasteiger partial charge in [-0.2, -0.15) is 0 Å². The zero-order chi connectivity index (χ0) is 30.4. The fourth-order valence-electron chi connectivity index (χ4n) is 4.86. The van der Waals surface area contributed by atoms with E-state index in [4.69, 9.17) is 9.47 Å². The number of carbonyl (C=O) groups excluding carboxylic acids is 2. The van der Waals surface area contributed by atoms with E-state index in [1.165, 1.54) is 6.07 Å². The van der Waals surface area contributed by atoms with Crippen LogP contribution in [0.5, 0.6) is 17.2 Å². The number of phenolic OH excluding ortho intramolecular Hbond substituents is 2. The van der Waals surface area contributed by atoms with Gasteiger partial charge < -0.3 is 35.0 Å². The van der Waals surface area contributed by atoms with E-state index in [0.717, 1.165) is 24.3 Å². The van der Waals surface area contributed by atoms with Crippen LogP contribution >= 0.6 is 0 Å². The molecule has 3 N–H and O–H groups in total. The first-order chi connectivity index (χ1) is 20.6. The molecule has 6 rings (SSSR count). The molecule has 2 aliphatic heterocycles. The summed E-state index contributed by atoms with van der Waals surface area (Å²) in [5.74, 6) is -6.56. The van der Waals surface area contributed by atoms with Crippen molar-refractivity contribution in [3.63, 3.8) is 0 Å². The second-order valence-electron chi connectivity index (χ2n) is 9.56. The SMILES string of the molecule is O=C1O/C(=C\c2cc(O)c(=O)c3c(O)c(O)cc(/C=C4\OC(=O)C(c5ccccc5)=C4[O-])c3c2)C([O-])=C1c1ccccc1.[Ca+2]. The standard InChI is InChI=1S/C33H20O10.Ca/c34-21-12-16(13-23-30(38)25(32(40)42-23)17-7-3-1-4-8-17)11-20-19(14-22(35)29(37)27(20)28(21)36)15-24-31(39)26(33(41)43-24)18-9-5-2-6-10-18;/h1-15,35,37-39H,(H,34,36);/q;+2/p-2/b23-13-,24-15-;. The van der Waals surface area contributed by atoms with Gasteiger partial charge >= 0.3 is 49.7 Å². The smallest absolute Gasteiger partial charge is 0.869 e. The molecule has 2 aliphatic rings. The molecule has 4 aromatic carbocycles. The Balaban J connectivity index is 0.00000384. The molecule has 10 nitrogen and oxygen atoms in total. The maximum atomic E-state index is 13.1. The van der Waals surface area contributed by atoms with Gasteiger partial charge in [0.25, 0.3) is 0 Å². The molecule has 44 heavy (non-hydrogen) atoms. The Hall–Kier alpha value is -5.03. The van der Waals surface area contributed by atoms with E-state index < -0.39 is 57.3 Å². The molecule has 0 spiro atoms. The summed E-state index contributed by atoms with van der Waals surface area (Å²) >= 11 is 0. The van der Waals surface area contributed by atoms with E-state index in [1.807, 2.05) is 0 Å². The molecule has 4 aromatic rings. The molecule has 0 unspecified atom stereocenters. The second-order valence-corrected chi connectivity index (χ2v) is 9.56. The fraction of sp³-hybridized carbons (Fsp3) is 0. The van der Waals surface area contributed by atoms with Gasteiger partial charge in [-0.3, -0.25) is 4.79 Å². The molecular formula is C33H18CaO10. The van der Waals surface area contributed by atoms with Gasteiger partial charge in [0.1, 0.15) is 11.5 Å². The molecule has 212 valence electrons. The van der Waals surface area contributed by atoms with Crippen molar-refractivity contribution >= 4 is 83.7 Å². The summed E-state index contributed by atoms with van der Waals surface area (Å²) in [6.07, 6.45) is 2.23. The fourth-order valence-corrected chi connectivity index (χ4v) is 4.86. The first kappa shape index (κ1) is 30.4. The van der Waals surface area contributed by atoms with Crippen LogP contribution in [-0.4, -0.2) is 65.0 Å². The molecule has 0 aromatic heterocycles. The summed E-state index contributed by atoms with van der Waals surface area (Å²) in [4.78, 5) is 38.2. The Morgan fingerprint density at radius 3 is 1.66 bits per heavy atom. The van der Waals surface area contributed by atoms with Crippen molar-refractivity contribution in [2.75, 3.05) is 0 Å². The third-order valence-corrected chi connectivity index (χ3v) is 6.85. The Bertz CT molecular complexity index is 2060. The molecule has 0 fully saturated rings. The number of fused-ring (bicyclic) bond motifs is 1. The molecule has 0 atom stereocenters. The van der Waals surface area contributed by atoms with Gasteiger partial charge in [0, 0.05) is 0 Å². The Labute approximate surface area is 278 Å². The number of ether oxygens (including phenoxy) is 2. The molecule has 11 heteroatoms. The average Bonchev–Trinajstić information content (AvgIpc) is 3.38. The summed E-state index contributed by atoms with van der Waals surface area (Å²) < 4.78 is 10.4. The van der Waals surface area contributed by atoms with Crippen molar-refractivity contribution < 1.29 is 44.6 Å². The summed E-state index contributed by atoms with van der Waals surface area (Å²) in [5.41, 5.74) is -0.902. The van der Waals surface area contributed by atoms with Crippen molar-refractivity contribution in [3.8, 4) is 17.2 Å². The van der Waals surface area contributed by atoms with E-state index in [1.54, 1.807) is 60.7 Å². The van der Waals surface area contributed by atoms with E-state index in [9.17, 15) is 39.9 Å². The number of rotatable bonds is 4. The molecule has 0 radical (unpaired) electrons. The second kappa shape index (κ2) is 11.9. The van der Waals surface area contributed by atoms with Crippen molar-refractivity contribution in [2.45, 2.75) is 0 Å². The summed E-state index contributed by atoms with van der Waals surface area (Å²) in [6, 6.07) is 19.5. The Kier molecular flexibility index (Phi) is 8.25. The van der Waals surface area contributed by atoms with Gasteiger partial charge in [-0.15, -0.1) is 0 Å². The molecule has 2 heterocycles. The zero-order valence-corrected chi connectivity index (χ0v) is 24.8. The number of benzene rings is 3. The van der Waals surface area contributed by atoms with Crippen LogP contribution in [0.1, 0.15) is 22.3 Å². The predicted octanol–water partition coefficient (Wildman–Crippen LogP) is 2.27.